The lowest BCUT2D eigenvalue weighted by Gasteiger charge is -2.09. The molecule has 0 radical (unpaired) electrons. The zero-order valence-corrected chi connectivity index (χ0v) is 11.3. The van der Waals surface area contributed by atoms with Crippen LogP contribution in [0.15, 0.2) is 48.8 Å². The van der Waals surface area contributed by atoms with Crippen molar-refractivity contribution >= 4 is 0 Å². The molecule has 0 saturated carbocycles. The first-order valence-corrected chi connectivity index (χ1v) is 6.64. The molecule has 0 saturated heterocycles. The first kappa shape index (κ1) is 13.6. The Hall–Kier alpha value is -1.87. The molecule has 2 rings (SSSR count). The highest BCUT2D eigenvalue weighted by atomic mass is 16.5. The average Bonchev–Trinajstić information content (AvgIpc) is 2.45. The summed E-state index contributed by atoms with van der Waals surface area (Å²) in [6.07, 6.45) is 4.58. The summed E-state index contributed by atoms with van der Waals surface area (Å²) in [5.74, 6) is 0.929. The molecule has 0 aliphatic carbocycles. The van der Waals surface area contributed by atoms with Crippen molar-refractivity contribution in [3.05, 3.63) is 59.9 Å². The lowest BCUT2D eigenvalue weighted by atomic mass is 10.2. The minimum atomic E-state index is 0.729. The normalized spacial score (nSPS) is 10.4. The summed E-state index contributed by atoms with van der Waals surface area (Å²) in [5.41, 5.74) is 2.40. The van der Waals surface area contributed by atoms with E-state index in [9.17, 15) is 0 Å². The number of pyridine rings is 1. The summed E-state index contributed by atoms with van der Waals surface area (Å²) in [5, 5.41) is 3.41. The number of rotatable bonds is 7. The van der Waals surface area contributed by atoms with Crippen molar-refractivity contribution < 1.29 is 4.74 Å². The molecule has 0 atom stereocenters. The van der Waals surface area contributed by atoms with E-state index in [0.717, 1.165) is 37.4 Å². The molecule has 0 bridgehead atoms. The summed E-state index contributed by atoms with van der Waals surface area (Å²) >= 11 is 0. The zero-order valence-electron chi connectivity index (χ0n) is 11.3. The van der Waals surface area contributed by atoms with Gasteiger partial charge in [-0.15, -0.1) is 0 Å². The number of ether oxygens (including phenoxy) is 1. The van der Waals surface area contributed by atoms with Gasteiger partial charge in [0, 0.05) is 24.5 Å². The fourth-order valence-corrected chi connectivity index (χ4v) is 1.83. The Morgan fingerprint density at radius 1 is 1.16 bits per heavy atom. The van der Waals surface area contributed by atoms with Crippen LogP contribution in [0.1, 0.15) is 17.5 Å². The zero-order chi connectivity index (χ0) is 13.3. The maximum Gasteiger partial charge on any atom is 0.125 e. The lowest BCUT2D eigenvalue weighted by Crippen LogP contribution is -2.17. The number of nitrogens with one attached hydrogen (secondary N) is 1. The van der Waals surface area contributed by atoms with Crippen molar-refractivity contribution in [3.8, 4) is 5.75 Å². The molecular formula is C16H20N2O. The smallest absolute Gasteiger partial charge is 0.125 e. The minimum Gasteiger partial charge on any atom is -0.493 e. The predicted octanol–water partition coefficient (Wildman–Crippen LogP) is 2.95. The number of hydrogen-bond donors (Lipinski definition) is 1. The summed E-state index contributed by atoms with van der Waals surface area (Å²) in [7, 11) is 0. The Kier molecular flexibility index (Phi) is 5.38. The molecule has 0 aliphatic heterocycles. The van der Waals surface area contributed by atoms with E-state index in [1.54, 1.807) is 6.20 Å². The van der Waals surface area contributed by atoms with Crippen molar-refractivity contribution in [1.82, 2.24) is 10.3 Å². The third-order valence-corrected chi connectivity index (χ3v) is 2.90. The van der Waals surface area contributed by atoms with Gasteiger partial charge in [0.2, 0.25) is 0 Å². The molecule has 1 aromatic heterocycles. The third kappa shape index (κ3) is 4.72. The molecule has 3 nitrogen and oxygen atoms in total. The van der Waals surface area contributed by atoms with Crippen LogP contribution < -0.4 is 10.1 Å². The molecular weight excluding hydrogens is 236 g/mol. The van der Waals surface area contributed by atoms with E-state index in [1.165, 1.54) is 5.56 Å². The molecule has 1 N–H and O–H groups in total. The van der Waals surface area contributed by atoms with E-state index in [2.05, 4.69) is 34.6 Å². The summed E-state index contributed by atoms with van der Waals surface area (Å²) in [4.78, 5) is 4.04. The Morgan fingerprint density at radius 3 is 2.79 bits per heavy atom. The predicted molar refractivity (Wildman–Crippen MR) is 77.2 cm³/mol. The molecule has 0 amide bonds. The van der Waals surface area contributed by atoms with Gasteiger partial charge in [-0.3, -0.25) is 4.98 Å². The molecule has 2 aromatic rings. The highest BCUT2D eigenvalue weighted by Gasteiger charge is 1.97. The van der Waals surface area contributed by atoms with Crippen LogP contribution in [-0.2, 0) is 6.54 Å². The van der Waals surface area contributed by atoms with Crippen LogP contribution in [0.4, 0.5) is 0 Å². The van der Waals surface area contributed by atoms with E-state index in [-0.39, 0.29) is 0 Å². The van der Waals surface area contributed by atoms with Gasteiger partial charge < -0.3 is 10.1 Å². The van der Waals surface area contributed by atoms with E-state index in [0.29, 0.717) is 0 Å². The maximum absolute atomic E-state index is 5.71. The standard InChI is InChI=1S/C16H20N2O/c1-14-12-18-10-8-16(14)19-11-5-9-17-13-15-6-3-2-4-7-15/h2-4,6-8,10,12,17H,5,9,11,13H2,1H3. The summed E-state index contributed by atoms with van der Waals surface area (Å²) < 4.78 is 5.71. The van der Waals surface area contributed by atoms with Gasteiger partial charge in [-0.05, 0) is 31.5 Å². The van der Waals surface area contributed by atoms with Gasteiger partial charge in [0.15, 0.2) is 0 Å². The Labute approximate surface area is 114 Å². The number of hydrogen-bond acceptors (Lipinski definition) is 3. The number of aryl methyl sites for hydroxylation is 1. The van der Waals surface area contributed by atoms with Gasteiger partial charge in [-0.1, -0.05) is 30.3 Å². The van der Waals surface area contributed by atoms with Gasteiger partial charge in [-0.2, -0.15) is 0 Å². The molecule has 0 fully saturated rings. The van der Waals surface area contributed by atoms with Gasteiger partial charge >= 0.3 is 0 Å². The molecule has 0 aliphatic rings. The van der Waals surface area contributed by atoms with Crippen molar-refractivity contribution in [2.24, 2.45) is 0 Å². The molecule has 3 heteroatoms. The first-order valence-electron chi connectivity index (χ1n) is 6.64. The fourth-order valence-electron chi connectivity index (χ4n) is 1.83. The van der Waals surface area contributed by atoms with Crippen LogP contribution in [0, 0.1) is 6.92 Å². The summed E-state index contributed by atoms with van der Waals surface area (Å²) in [6.45, 7) is 4.61. The van der Waals surface area contributed by atoms with Gasteiger partial charge in [0.25, 0.3) is 0 Å². The monoisotopic (exact) mass is 256 g/mol. The largest absolute Gasteiger partial charge is 0.493 e. The van der Waals surface area contributed by atoms with E-state index in [4.69, 9.17) is 4.74 Å². The first-order chi connectivity index (χ1) is 9.36. The van der Waals surface area contributed by atoms with Crippen LogP contribution in [-0.4, -0.2) is 18.1 Å². The molecule has 19 heavy (non-hydrogen) atoms. The second-order valence-corrected chi connectivity index (χ2v) is 4.51. The highest BCUT2D eigenvalue weighted by molar-refractivity contribution is 5.28. The van der Waals surface area contributed by atoms with Crippen molar-refractivity contribution in [1.29, 1.82) is 0 Å². The Morgan fingerprint density at radius 2 is 2.00 bits per heavy atom. The number of benzene rings is 1. The maximum atomic E-state index is 5.71. The van der Waals surface area contributed by atoms with Gasteiger partial charge in [0.05, 0.1) is 6.61 Å². The van der Waals surface area contributed by atoms with E-state index < -0.39 is 0 Å². The van der Waals surface area contributed by atoms with Crippen LogP contribution in [0.25, 0.3) is 0 Å². The minimum absolute atomic E-state index is 0.729. The van der Waals surface area contributed by atoms with Gasteiger partial charge in [0.1, 0.15) is 5.75 Å². The van der Waals surface area contributed by atoms with Crippen LogP contribution in [0.2, 0.25) is 0 Å². The quantitative estimate of drug-likeness (QED) is 0.773. The second-order valence-electron chi connectivity index (χ2n) is 4.51. The number of aromatic nitrogens is 1. The number of nitrogens with zero attached hydrogens (tertiary/aromatic N) is 1. The average molecular weight is 256 g/mol. The van der Waals surface area contributed by atoms with Crippen LogP contribution in [0.5, 0.6) is 5.75 Å². The highest BCUT2D eigenvalue weighted by Crippen LogP contribution is 2.14. The second kappa shape index (κ2) is 7.54. The topological polar surface area (TPSA) is 34.1 Å². The fraction of sp³-hybridized carbons (Fsp3) is 0.312. The molecule has 0 unspecified atom stereocenters. The lowest BCUT2D eigenvalue weighted by molar-refractivity contribution is 0.305. The molecule has 100 valence electrons. The molecule has 1 heterocycles. The van der Waals surface area contributed by atoms with Crippen molar-refractivity contribution in [2.75, 3.05) is 13.2 Å². The van der Waals surface area contributed by atoms with Crippen molar-refractivity contribution in [3.63, 3.8) is 0 Å². The molecule has 0 spiro atoms. The van der Waals surface area contributed by atoms with Crippen molar-refractivity contribution in [2.45, 2.75) is 19.9 Å². The van der Waals surface area contributed by atoms with Crippen LogP contribution in [0.3, 0.4) is 0 Å². The van der Waals surface area contributed by atoms with Gasteiger partial charge in [-0.25, -0.2) is 0 Å². The third-order valence-electron chi connectivity index (χ3n) is 2.90. The SMILES string of the molecule is Cc1cnccc1OCCCNCc1ccccc1. The van der Waals surface area contributed by atoms with Crippen LogP contribution >= 0.6 is 0 Å². The van der Waals surface area contributed by atoms with E-state index >= 15 is 0 Å². The molecule has 1 aromatic carbocycles. The summed E-state index contributed by atoms with van der Waals surface area (Å²) in [6, 6.07) is 12.3. The Balaban J connectivity index is 1.59. The Bertz CT molecular complexity index is 485. The van der Waals surface area contributed by atoms with E-state index in [1.807, 2.05) is 25.3 Å².